The second-order valence-electron chi connectivity index (χ2n) is 4.77. The van der Waals surface area contributed by atoms with Crippen LogP contribution in [0.3, 0.4) is 0 Å². The molecular weight excluding hydrogens is 459 g/mol. The SMILES string of the molecule is CCCNC(=O)CN=C(NCC)NCCSc1ccc(Cl)cc1.I. The lowest BCUT2D eigenvalue weighted by molar-refractivity contribution is -0.119. The summed E-state index contributed by atoms with van der Waals surface area (Å²) in [6.07, 6.45) is 0.926. The van der Waals surface area contributed by atoms with E-state index in [0.717, 1.165) is 30.3 Å². The van der Waals surface area contributed by atoms with Gasteiger partial charge >= 0.3 is 0 Å². The molecule has 0 saturated carbocycles. The molecule has 1 rings (SSSR count). The quantitative estimate of drug-likeness (QED) is 0.166. The largest absolute Gasteiger partial charge is 0.357 e. The zero-order valence-electron chi connectivity index (χ0n) is 14.1. The fourth-order valence-electron chi connectivity index (χ4n) is 1.68. The number of amides is 1. The van der Waals surface area contributed by atoms with Gasteiger partial charge in [-0.25, -0.2) is 4.99 Å². The normalized spacial score (nSPS) is 10.7. The lowest BCUT2D eigenvalue weighted by atomic mass is 10.4. The average Bonchev–Trinajstić information content (AvgIpc) is 2.56. The Labute approximate surface area is 170 Å². The fraction of sp³-hybridized carbons (Fsp3) is 0.500. The van der Waals surface area contributed by atoms with Gasteiger partial charge in [0.2, 0.25) is 5.91 Å². The van der Waals surface area contributed by atoms with E-state index in [2.05, 4.69) is 20.9 Å². The van der Waals surface area contributed by atoms with Crippen molar-refractivity contribution in [2.45, 2.75) is 25.2 Å². The number of halogens is 2. The number of hydrogen-bond donors (Lipinski definition) is 3. The molecule has 0 unspecified atom stereocenters. The fourth-order valence-corrected chi connectivity index (χ4v) is 2.58. The maximum absolute atomic E-state index is 11.6. The van der Waals surface area contributed by atoms with Gasteiger partial charge in [-0.2, -0.15) is 0 Å². The van der Waals surface area contributed by atoms with Crippen molar-refractivity contribution in [3.05, 3.63) is 29.3 Å². The van der Waals surface area contributed by atoms with Crippen molar-refractivity contribution in [3.63, 3.8) is 0 Å². The summed E-state index contributed by atoms with van der Waals surface area (Å²) in [4.78, 5) is 17.0. The van der Waals surface area contributed by atoms with Gasteiger partial charge in [-0.15, -0.1) is 35.7 Å². The molecule has 0 saturated heterocycles. The molecule has 8 heteroatoms. The predicted molar refractivity (Wildman–Crippen MR) is 115 cm³/mol. The monoisotopic (exact) mass is 484 g/mol. The molecular formula is C16H26ClIN4OS. The molecule has 0 radical (unpaired) electrons. The molecule has 5 nitrogen and oxygen atoms in total. The van der Waals surface area contributed by atoms with Crippen LogP contribution < -0.4 is 16.0 Å². The maximum atomic E-state index is 11.6. The lowest BCUT2D eigenvalue weighted by Crippen LogP contribution is -2.39. The Morgan fingerprint density at radius 1 is 1.12 bits per heavy atom. The number of nitrogens with one attached hydrogen (secondary N) is 3. The first-order valence-corrected chi connectivity index (χ1v) is 9.19. The van der Waals surface area contributed by atoms with Crippen LogP contribution in [0.5, 0.6) is 0 Å². The van der Waals surface area contributed by atoms with Gasteiger partial charge < -0.3 is 16.0 Å². The van der Waals surface area contributed by atoms with E-state index in [0.29, 0.717) is 12.5 Å². The summed E-state index contributed by atoms with van der Waals surface area (Å²) in [6.45, 7) is 6.36. The molecule has 136 valence electrons. The number of guanidine groups is 1. The summed E-state index contributed by atoms with van der Waals surface area (Å²) in [6, 6.07) is 7.78. The summed E-state index contributed by atoms with van der Waals surface area (Å²) in [7, 11) is 0. The van der Waals surface area contributed by atoms with Crippen LogP contribution in [0.4, 0.5) is 0 Å². The Morgan fingerprint density at radius 3 is 2.46 bits per heavy atom. The topological polar surface area (TPSA) is 65.5 Å². The van der Waals surface area contributed by atoms with Crippen LogP contribution in [0, 0.1) is 0 Å². The summed E-state index contributed by atoms with van der Waals surface area (Å²) >= 11 is 7.60. The van der Waals surface area contributed by atoms with E-state index in [1.54, 1.807) is 11.8 Å². The van der Waals surface area contributed by atoms with Crippen LogP contribution in [-0.2, 0) is 4.79 Å². The van der Waals surface area contributed by atoms with Crippen molar-refractivity contribution in [1.82, 2.24) is 16.0 Å². The van der Waals surface area contributed by atoms with Gasteiger partial charge in [0.25, 0.3) is 0 Å². The molecule has 0 aliphatic carbocycles. The second-order valence-corrected chi connectivity index (χ2v) is 6.38. The zero-order valence-corrected chi connectivity index (χ0v) is 18.0. The Balaban J connectivity index is 0.00000529. The summed E-state index contributed by atoms with van der Waals surface area (Å²) < 4.78 is 0. The molecule has 0 aliphatic heterocycles. The van der Waals surface area contributed by atoms with Gasteiger partial charge in [0.1, 0.15) is 6.54 Å². The number of hydrogen-bond acceptors (Lipinski definition) is 3. The van der Waals surface area contributed by atoms with Crippen molar-refractivity contribution in [1.29, 1.82) is 0 Å². The molecule has 1 aromatic rings. The number of rotatable bonds is 9. The smallest absolute Gasteiger partial charge is 0.241 e. The number of aliphatic imine (C=N–C) groups is 1. The number of nitrogens with zero attached hydrogens (tertiary/aromatic N) is 1. The van der Waals surface area contributed by atoms with E-state index < -0.39 is 0 Å². The molecule has 0 aromatic heterocycles. The van der Waals surface area contributed by atoms with Crippen LogP contribution in [0.25, 0.3) is 0 Å². The van der Waals surface area contributed by atoms with Gasteiger partial charge in [0.15, 0.2) is 5.96 Å². The number of benzene rings is 1. The standard InChI is InChI=1S/C16H25ClN4OS.HI/c1-3-9-19-15(22)12-21-16(18-4-2)20-10-11-23-14-7-5-13(17)6-8-14;/h5-8H,3-4,9-12H2,1-2H3,(H,19,22)(H2,18,20,21);1H. The molecule has 0 bridgehead atoms. The van der Waals surface area contributed by atoms with Gasteiger partial charge in [0, 0.05) is 35.3 Å². The van der Waals surface area contributed by atoms with Crippen LogP contribution >= 0.6 is 47.3 Å². The van der Waals surface area contributed by atoms with E-state index >= 15 is 0 Å². The molecule has 0 aliphatic rings. The minimum Gasteiger partial charge on any atom is -0.357 e. The molecule has 1 aromatic carbocycles. The van der Waals surface area contributed by atoms with E-state index in [4.69, 9.17) is 11.6 Å². The third-order valence-corrected chi connectivity index (χ3v) is 4.04. The molecule has 0 atom stereocenters. The van der Waals surface area contributed by atoms with Crippen molar-refractivity contribution >= 4 is 59.2 Å². The first-order chi connectivity index (χ1) is 11.2. The Kier molecular flexibility index (Phi) is 14.2. The summed E-state index contributed by atoms with van der Waals surface area (Å²) in [5.41, 5.74) is 0. The van der Waals surface area contributed by atoms with Crippen molar-refractivity contribution in [2.24, 2.45) is 4.99 Å². The summed E-state index contributed by atoms with van der Waals surface area (Å²) in [5, 5.41) is 9.91. The molecule has 1 amide bonds. The maximum Gasteiger partial charge on any atom is 0.241 e. The third-order valence-electron chi connectivity index (χ3n) is 2.77. The molecule has 24 heavy (non-hydrogen) atoms. The number of carbonyl (C=O) groups is 1. The highest BCUT2D eigenvalue weighted by Crippen LogP contribution is 2.19. The first-order valence-electron chi connectivity index (χ1n) is 7.83. The van der Waals surface area contributed by atoms with E-state index in [1.165, 1.54) is 4.90 Å². The number of carbonyl (C=O) groups excluding carboxylic acids is 1. The number of thioether (sulfide) groups is 1. The summed E-state index contributed by atoms with van der Waals surface area (Å²) in [5.74, 6) is 1.50. The van der Waals surface area contributed by atoms with Crippen LogP contribution in [0.2, 0.25) is 5.02 Å². The highest BCUT2D eigenvalue weighted by molar-refractivity contribution is 14.0. The van der Waals surface area contributed by atoms with E-state index in [-0.39, 0.29) is 36.4 Å². The highest BCUT2D eigenvalue weighted by Gasteiger charge is 2.01. The van der Waals surface area contributed by atoms with Gasteiger partial charge in [0.05, 0.1) is 0 Å². The first kappa shape index (κ1) is 23.3. The Hall–Kier alpha value is -0.670. The Morgan fingerprint density at radius 2 is 1.83 bits per heavy atom. The minimum atomic E-state index is -0.0559. The third kappa shape index (κ3) is 11.0. The lowest BCUT2D eigenvalue weighted by Gasteiger charge is -2.11. The van der Waals surface area contributed by atoms with E-state index in [9.17, 15) is 4.79 Å². The Bertz CT molecular complexity index is 499. The van der Waals surface area contributed by atoms with Crippen molar-refractivity contribution < 1.29 is 4.79 Å². The molecule has 0 heterocycles. The van der Waals surface area contributed by atoms with Crippen molar-refractivity contribution in [3.8, 4) is 0 Å². The van der Waals surface area contributed by atoms with Gasteiger partial charge in [-0.1, -0.05) is 18.5 Å². The van der Waals surface area contributed by atoms with Crippen LogP contribution in [0.15, 0.2) is 34.2 Å². The average molecular weight is 485 g/mol. The molecule has 0 spiro atoms. The van der Waals surface area contributed by atoms with E-state index in [1.807, 2.05) is 38.1 Å². The van der Waals surface area contributed by atoms with Crippen molar-refractivity contribution in [2.75, 3.05) is 31.9 Å². The predicted octanol–water partition coefficient (Wildman–Crippen LogP) is 3.13. The van der Waals surface area contributed by atoms with Crippen LogP contribution in [-0.4, -0.2) is 43.8 Å². The van der Waals surface area contributed by atoms with Gasteiger partial charge in [-0.05, 0) is 37.6 Å². The molecule has 3 N–H and O–H groups in total. The van der Waals surface area contributed by atoms with Crippen LogP contribution in [0.1, 0.15) is 20.3 Å². The zero-order chi connectivity index (χ0) is 16.9. The minimum absolute atomic E-state index is 0. The van der Waals surface area contributed by atoms with Gasteiger partial charge in [-0.3, -0.25) is 4.79 Å². The highest BCUT2D eigenvalue weighted by atomic mass is 127. The molecule has 0 fully saturated rings. The second kappa shape index (κ2) is 14.7.